The Balaban J connectivity index is 1.59. The second-order valence-electron chi connectivity index (χ2n) is 6.52. The number of ether oxygens (including phenoxy) is 2. The summed E-state index contributed by atoms with van der Waals surface area (Å²) in [5, 5.41) is 11.6. The lowest BCUT2D eigenvalue weighted by atomic mass is 10.1. The Labute approximate surface area is 158 Å². The Morgan fingerprint density at radius 2 is 2.04 bits per heavy atom. The molecule has 3 rings (SSSR count). The van der Waals surface area contributed by atoms with Crippen molar-refractivity contribution < 1.29 is 24.2 Å². The summed E-state index contributed by atoms with van der Waals surface area (Å²) in [6, 6.07) is 14.2. The predicted octanol–water partition coefficient (Wildman–Crippen LogP) is 3.51. The third-order valence-electron chi connectivity index (χ3n) is 4.37. The summed E-state index contributed by atoms with van der Waals surface area (Å²) in [6.45, 7) is 1.26. The number of hydrogen-bond donors (Lipinski definition) is 2. The van der Waals surface area contributed by atoms with Crippen molar-refractivity contribution >= 4 is 17.6 Å². The summed E-state index contributed by atoms with van der Waals surface area (Å²) >= 11 is 0. The Morgan fingerprint density at radius 3 is 2.81 bits per heavy atom. The fourth-order valence-corrected chi connectivity index (χ4v) is 2.95. The number of hydrogen-bond acceptors (Lipinski definition) is 4. The van der Waals surface area contributed by atoms with Crippen LogP contribution in [0.5, 0.6) is 5.75 Å². The highest BCUT2D eigenvalue weighted by atomic mass is 16.5. The molecule has 0 bridgehead atoms. The topological polar surface area (TPSA) is 84.9 Å². The predicted molar refractivity (Wildman–Crippen MR) is 101 cm³/mol. The molecule has 1 atom stereocenters. The first-order chi connectivity index (χ1) is 13.1. The van der Waals surface area contributed by atoms with Crippen molar-refractivity contribution in [2.75, 3.05) is 18.5 Å². The van der Waals surface area contributed by atoms with Gasteiger partial charge in [0.25, 0.3) is 5.91 Å². The van der Waals surface area contributed by atoms with Crippen molar-refractivity contribution in [2.45, 2.75) is 31.8 Å². The lowest BCUT2D eigenvalue weighted by Gasteiger charge is -2.12. The molecule has 0 aliphatic carbocycles. The van der Waals surface area contributed by atoms with E-state index in [1.807, 2.05) is 12.1 Å². The maximum Gasteiger partial charge on any atom is 0.303 e. The Morgan fingerprint density at radius 1 is 1.19 bits per heavy atom. The molecule has 6 heteroatoms. The number of aryl methyl sites for hydroxylation is 1. The summed E-state index contributed by atoms with van der Waals surface area (Å²) in [6.07, 6.45) is 2.66. The number of nitrogens with one attached hydrogen (secondary N) is 1. The molecular weight excluding hydrogens is 346 g/mol. The van der Waals surface area contributed by atoms with E-state index in [4.69, 9.17) is 14.6 Å². The standard InChI is InChI=1S/C21H23NO5/c23-20(24)10-9-15-4-1-6-17(12-15)22-21(25)16-5-2-7-18(13-16)27-14-19-8-3-11-26-19/h1-2,4-7,12-13,19H,3,8-11,14H2,(H,22,25)(H,23,24). The highest BCUT2D eigenvalue weighted by molar-refractivity contribution is 6.04. The number of carboxylic acid groups (broad SMARTS) is 1. The van der Waals surface area contributed by atoms with Gasteiger partial charge in [-0.2, -0.15) is 0 Å². The van der Waals surface area contributed by atoms with Crippen LogP contribution in [0.3, 0.4) is 0 Å². The zero-order chi connectivity index (χ0) is 19.1. The lowest BCUT2D eigenvalue weighted by molar-refractivity contribution is -0.136. The second-order valence-corrected chi connectivity index (χ2v) is 6.52. The lowest BCUT2D eigenvalue weighted by Crippen LogP contribution is -2.17. The van der Waals surface area contributed by atoms with Crippen LogP contribution in [-0.2, 0) is 16.0 Å². The second kappa shape index (κ2) is 9.19. The molecule has 142 valence electrons. The van der Waals surface area contributed by atoms with Crippen molar-refractivity contribution in [1.82, 2.24) is 0 Å². The van der Waals surface area contributed by atoms with Gasteiger partial charge in [-0.15, -0.1) is 0 Å². The summed E-state index contributed by atoms with van der Waals surface area (Å²) in [5.41, 5.74) is 1.99. The number of amides is 1. The van der Waals surface area contributed by atoms with Crippen LogP contribution >= 0.6 is 0 Å². The van der Waals surface area contributed by atoms with Crippen molar-refractivity contribution in [3.05, 3.63) is 59.7 Å². The molecule has 1 unspecified atom stereocenters. The number of carboxylic acids is 1. The number of carbonyl (C=O) groups is 2. The molecule has 0 aromatic heterocycles. The van der Waals surface area contributed by atoms with Gasteiger partial charge in [-0.05, 0) is 55.2 Å². The third-order valence-corrected chi connectivity index (χ3v) is 4.37. The van der Waals surface area contributed by atoms with E-state index < -0.39 is 5.97 Å². The van der Waals surface area contributed by atoms with Crippen LogP contribution in [0.25, 0.3) is 0 Å². The van der Waals surface area contributed by atoms with Crippen molar-refractivity contribution in [3.8, 4) is 5.75 Å². The van der Waals surface area contributed by atoms with Crippen LogP contribution in [0.4, 0.5) is 5.69 Å². The molecular formula is C21H23NO5. The average Bonchev–Trinajstić information content (AvgIpc) is 3.19. The molecule has 0 radical (unpaired) electrons. The van der Waals surface area contributed by atoms with Gasteiger partial charge in [0.1, 0.15) is 12.4 Å². The van der Waals surface area contributed by atoms with Crippen molar-refractivity contribution in [2.24, 2.45) is 0 Å². The number of aliphatic carboxylic acids is 1. The largest absolute Gasteiger partial charge is 0.491 e. The van der Waals surface area contributed by atoms with Gasteiger partial charge in [0.15, 0.2) is 0 Å². The van der Waals surface area contributed by atoms with Crippen LogP contribution in [-0.4, -0.2) is 36.3 Å². The van der Waals surface area contributed by atoms with Crippen molar-refractivity contribution in [3.63, 3.8) is 0 Å². The molecule has 27 heavy (non-hydrogen) atoms. The maximum absolute atomic E-state index is 12.5. The van der Waals surface area contributed by atoms with E-state index >= 15 is 0 Å². The molecule has 2 aromatic carbocycles. The van der Waals surface area contributed by atoms with E-state index in [0.29, 0.717) is 30.0 Å². The van der Waals surface area contributed by atoms with E-state index in [2.05, 4.69) is 5.32 Å². The Hall–Kier alpha value is -2.86. The van der Waals surface area contributed by atoms with Crippen LogP contribution in [0, 0.1) is 0 Å². The number of anilines is 1. The molecule has 1 aliphatic rings. The fourth-order valence-electron chi connectivity index (χ4n) is 2.95. The summed E-state index contributed by atoms with van der Waals surface area (Å²) in [5.74, 6) is -0.453. The Kier molecular flexibility index (Phi) is 6.44. The van der Waals surface area contributed by atoms with Gasteiger partial charge >= 0.3 is 5.97 Å². The summed E-state index contributed by atoms with van der Waals surface area (Å²) in [4.78, 5) is 23.2. The van der Waals surface area contributed by atoms with Gasteiger partial charge in [0, 0.05) is 24.3 Å². The maximum atomic E-state index is 12.5. The van der Waals surface area contributed by atoms with Crippen molar-refractivity contribution in [1.29, 1.82) is 0 Å². The summed E-state index contributed by atoms with van der Waals surface area (Å²) in [7, 11) is 0. The first-order valence-electron chi connectivity index (χ1n) is 9.07. The van der Waals surface area contributed by atoms with Gasteiger partial charge in [0.2, 0.25) is 0 Å². The van der Waals surface area contributed by atoms with Crippen LogP contribution in [0.1, 0.15) is 35.2 Å². The average molecular weight is 369 g/mol. The van der Waals surface area contributed by atoms with Crippen LogP contribution in [0.2, 0.25) is 0 Å². The molecule has 1 fully saturated rings. The number of carbonyl (C=O) groups excluding carboxylic acids is 1. The molecule has 1 amide bonds. The molecule has 0 saturated carbocycles. The van der Waals surface area contributed by atoms with Gasteiger partial charge in [-0.1, -0.05) is 18.2 Å². The van der Waals surface area contributed by atoms with E-state index in [1.54, 1.807) is 36.4 Å². The monoisotopic (exact) mass is 369 g/mol. The molecule has 0 spiro atoms. The molecule has 2 aromatic rings. The van der Waals surface area contributed by atoms with Gasteiger partial charge in [-0.25, -0.2) is 0 Å². The highest BCUT2D eigenvalue weighted by Gasteiger charge is 2.16. The van der Waals surface area contributed by atoms with Gasteiger partial charge in [0.05, 0.1) is 6.10 Å². The smallest absolute Gasteiger partial charge is 0.303 e. The quantitative estimate of drug-likeness (QED) is 0.744. The first kappa shape index (κ1) is 18.9. The minimum Gasteiger partial charge on any atom is -0.491 e. The summed E-state index contributed by atoms with van der Waals surface area (Å²) < 4.78 is 11.3. The van der Waals surface area contributed by atoms with E-state index in [1.165, 1.54) is 0 Å². The van der Waals surface area contributed by atoms with Gasteiger partial charge in [-0.3, -0.25) is 9.59 Å². The van der Waals surface area contributed by atoms with Gasteiger partial charge < -0.3 is 19.9 Å². The van der Waals surface area contributed by atoms with E-state index in [9.17, 15) is 9.59 Å². The fraction of sp³-hybridized carbons (Fsp3) is 0.333. The molecule has 2 N–H and O–H groups in total. The van der Waals surface area contributed by atoms with Crippen LogP contribution < -0.4 is 10.1 Å². The number of rotatable bonds is 8. The van der Waals surface area contributed by atoms with E-state index in [-0.39, 0.29) is 18.4 Å². The normalized spacial score (nSPS) is 16.1. The minimum atomic E-state index is -0.843. The third kappa shape index (κ3) is 5.82. The minimum absolute atomic E-state index is 0.0570. The van der Waals surface area contributed by atoms with Crippen LogP contribution in [0.15, 0.2) is 48.5 Å². The first-order valence-corrected chi connectivity index (χ1v) is 9.07. The molecule has 1 saturated heterocycles. The Bertz CT molecular complexity index is 799. The molecule has 1 aliphatic heterocycles. The van der Waals surface area contributed by atoms with E-state index in [0.717, 1.165) is 25.0 Å². The molecule has 6 nitrogen and oxygen atoms in total. The SMILES string of the molecule is O=C(O)CCc1cccc(NC(=O)c2cccc(OCC3CCCO3)c2)c1. The number of benzene rings is 2. The highest BCUT2D eigenvalue weighted by Crippen LogP contribution is 2.19. The molecule has 1 heterocycles. The zero-order valence-electron chi connectivity index (χ0n) is 15.0. The zero-order valence-corrected chi connectivity index (χ0v) is 15.0.